The molecule has 0 aromatic rings. The Labute approximate surface area is 60.2 Å². The van der Waals surface area contributed by atoms with Crippen LogP contribution in [0, 0.1) is 0 Å². The monoisotopic (exact) mass is 147 g/mol. The third-order valence-electron chi connectivity index (χ3n) is 0.777. The van der Waals surface area contributed by atoms with Gasteiger partial charge in [0.25, 0.3) is 0 Å². The van der Waals surface area contributed by atoms with Gasteiger partial charge in [-0.15, -0.1) is 0 Å². The molecule has 0 aliphatic carbocycles. The molecule has 0 saturated carbocycles. The van der Waals surface area contributed by atoms with Gasteiger partial charge in [-0.05, 0) is 13.8 Å². The van der Waals surface area contributed by atoms with Crippen LogP contribution in [0.3, 0.4) is 0 Å². The Morgan fingerprint density at radius 2 is 2.40 bits per heavy atom. The highest BCUT2D eigenvalue weighted by molar-refractivity contribution is 5.66. The molecule has 1 amide bonds. The zero-order chi connectivity index (χ0) is 7.98. The highest BCUT2D eigenvalue weighted by Gasteiger charge is 2.00. The first-order chi connectivity index (χ1) is 4.66. The van der Waals surface area contributed by atoms with Crippen LogP contribution >= 0.6 is 0 Å². The normalized spacial score (nSPS) is 12.3. The van der Waals surface area contributed by atoms with Crippen molar-refractivity contribution in [2.45, 2.75) is 20.0 Å². The average molecular weight is 147 g/mol. The van der Waals surface area contributed by atoms with Crippen molar-refractivity contribution in [1.82, 2.24) is 5.32 Å². The maximum Gasteiger partial charge on any atom is 0.407 e. The summed E-state index contributed by atoms with van der Waals surface area (Å²) in [5.41, 5.74) is 0. The van der Waals surface area contributed by atoms with E-state index in [2.05, 4.69) is 10.1 Å². The zero-order valence-electron chi connectivity index (χ0n) is 6.26. The topological polar surface area (TPSA) is 58.6 Å². The van der Waals surface area contributed by atoms with Gasteiger partial charge in [0.15, 0.2) is 0 Å². The number of amides is 1. The number of alkyl carbamates (subject to hydrolysis) is 1. The Morgan fingerprint density at radius 3 is 2.80 bits per heavy atom. The largest absolute Gasteiger partial charge is 0.447 e. The first kappa shape index (κ1) is 9.23. The highest BCUT2D eigenvalue weighted by Crippen LogP contribution is 1.82. The number of aliphatic hydroxyl groups excluding tert-OH is 1. The minimum Gasteiger partial charge on any atom is -0.447 e. The fourth-order valence-electron chi connectivity index (χ4n) is 0.392. The number of hydrogen-bond acceptors (Lipinski definition) is 3. The molecule has 1 unspecified atom stereocenters. The van der Waals surface area contributed by atoms with Gasteiger partial charge in [0, 0.05) is 6.54 Å². The number of carbonyl (C=O) groups is 1. The number of hydrogen-bond donors (Lipinski definition) is 2. The quantitative estimate of drug-likeness (QED) is 0.595. The van der Waals surface area contributed by atoms with E-state index in [4.69, 9.17) is 5.11 Å². The molecule has 0 aromatic carbocycles. The van der Waals surface area contributed by atoms with Crippen LogP contribution in [0.2, 0.25) is 0 Å². The molecule has 2 N–H and O–H groups in total. The lowest BCUT2D eigenvalue weighted by Gasteiger charge is -2.05. The maximum atomic E-state index is 10.5. The van der Waals surface area contributed by atoms with Crippen molar-refractivity contribution in [3.8, 4) is 0 Å². The van der Waals surface area contributed by atoms with Crippen LogP contribution in [-0.2, 0) is 4.74 Å². The van der Waals surface area contributed by atoms with Gasteiger partial charge in [0.1, 0.15) is 6.61 Å². The number of ether oxygens (including phenoxy) is 1. The Hall–Kier alpha value is -0.770. The molecular formula is C6H13NO3. The summed E-state index contributed by atoms with van der Waals surface area (Å²) in [5, 5.41) is 11.1. The summed E-state index contributed by atoms with van der Waals surface area (Å²) in [4.78, 5) is 10.5. The summed E-state index contributed by atoms with van der Waals surface area (Å²) in [6, 6.07) is 0. The molecule has 0 heterocycles. The van der Waals surface area contributed by atoms with Crippen molar-refractivity contribution >= 4 is 6.09 Å². The van der Waals surface area contributed by atoms with Crippen LogP contribution in [0.15, 0.2) is 0 Å². The van der Waals surface area contributed by atoms with Gasteiger partial charge in [-0.25, -0.2) is 4.79 Å². The molecule has 1 atom stereocenters. The third kappa shape index (κ3) is 5.37. The maximum absolute atomic E-state index is 10.5. The van der Waals surface area contributed by atoms with Crippen molar-refractivity contribution in [3.63, 3.8) is 0 Å². The molecule has 10 heavy (non-hydrogen) atoms. The predicted molar refractivity (Wildman–Crippen MR) is 36.7 cm³/mol. The smallest absolute Gasteiger partial charge is 0.407 e. The summed E-state index contributed by atoms with van der Waals surface area (Å²) < 4.78 is 4.54. The van der Waals surface area contributed by atoms with Gasteiger partial charge in [0.05, 0.1) is 6.10 Å². The van der Waals surface area contributed by atoms with E-state index >= 15 is 0 Å². The van der Waals surface area contributed by atoms with E-state index in [0.29, 0.717) is 6.54 Å². The minimum absolute atomic E-state index is 0.0475. The first-order valence-electron chi connectivity index (χ1n) is 3.25. The van der Waals surface area contributed by atoms with Crippen LogP contribution in [0.25, 0.3) is 0 Å². The molecule has 0 rings (SSSR count). The minimum atomic E-state index is -0.595. The van der Waals surface area contributed by atoms with Crippen LogP contribution < -0.4 is 5.32 Å². The highest BCUT2D eigenvalue weighted by atomic mass is 16.6. The Morgan fingerprint density at radius 1 is 1.80 bits per heavy atom. The van der Waals surface area contributed by atoms with Crippen LogP contribution in [0.5, 0.6) is 0 Å². The molecule has 0 aliphatic rings. The summed E-state index contributed by atoms with van der Waals surface area (Å²) in [6.45, 7) is 3.94. The predicted octanol–water partition coefficient (Wildman–Crippen LogP) is 0.113. The summed E-state index contributed by atoms with van der Waals surface area (Å²) in [6.07, 6.45) is -1.08. The Bertz CT molecular complexity index is 103. The van der Waals surface area contributed by atoms with Gasteiger partial charge in [-0.1, -0.05) is 0 Å². The number of carbonyl (C=O) groups excluding carboxylic acids is 1. The second kappa shape index (κ2) is 5.05. The molecule has 0 radical (unpaired) electrons. The molecule has 60 valence electrons. The molecule has 0 saturated heterocycles. The molecule has 0 spiro atoms. The summed E-state index contributed by atoms with van der Waals surface area (Å²) in [7, 11) is 0. The van der Waals surface area contributed by atoms with Gasteiger partial charge < -0.3 is 15.2 Å². The van der Waals surface area contributed by atoms with Gasteiger partial charge >= 0.3 is 6.09 Å². The Balaban J connectivity index is 3.22. The zero-order valence-corrected chi connectivity index (χ0v) is 6.26. The van der Waals surface area contributed by atoms with Crippen molar-refractivity contribution in [1.29, 1.82) is 0 Å². The second-order valence-electron chi connectivity index (χ2n) is 1.98. The van der Waals surface area contributed by atoms with E-state index in [1.54, 1.807) is 13.8 Å². The fraction of sp³-hybridized carbons (Fsp3) is 0.833. The van der Waals surface area contributed by atoms with Crippen LogP contribution in [-0.4, -0.2) is 30.5 Å². The number of aliphatic hydroxyl groups is 1. The van der Waals surface area contributed by atoms with E-state index in [1.807, 2.05) is 0 Å². The van der Waals surface area contributed by atoms with Crippen molar-refractivity contribution in [2.24, 2.45) is 0 Å². The van der Waals surface area contributed by atoms with Crippen LogP contribution in [0.1, 0.15) is 13.8 Å². The molecule has 0 aliphatic heterocycles. The van der Waals surface area contributed by atoms with E-state index in [9.17, 15) is 4.79 Å². The van der Waals surface area contributed by atoms with Gasteiger partial charge in [-0.3, -0.25) is 0 Å². The molecule has 4 heteroatoms. The van der Waals surface area contributed by atoms with E-state index in [-0.39, 0.29) is 6.61 Å². The first-order valence-corrected chi connectivity index (χ1v) is 3.25. The van der Waals surface area contributed by atoms with E-state index in [1.165, 1.54) is 0 Å². The lowest BCUT2D eigenvalue weighted by Crippen LogP contribution is -2.26. The van der Waals surface area contributed by atoms with E-state index < -0.39 is 12.2 Å². The molecule has 0 aromatic heterocycles. The molecule has 0 fully saturated rings. The molecular weight excluding hydrogens is 134 g/mol. The standard InChI is InChI=1S/C6H13NO3/c1-3-7-6(9)10-4-5(2)8/h5,8H,3-4H2,1-2H3,(H,7,9). The van der Waals surface area contributed by atoms with Gasteiger partial charge in [0.2, 0.25) is 0 Å². The number of nitrogens with one attached hydrogen (secondary N) is 1. The summed E-state index contributed by atoms with van der Waals surface area (Å²) in [5.74, 6) is 0. The summed E-state index contributed by atoms with van der Waals surface area (Å²) >= 11 is 0. The lowest BCUT2D eigenvalue weighted by molar-refractivity contribution is 0.0783. The van der Waals surface area contributed by atoms with Crippen molar-refractivity contribution < 1.29 is 14.6 Å². The third-order valence-corrected chi connectivity index (χ3v) is 0.777. The van der Waals surface area contributed by atoms with E-state index in [0.717, 1.165) is 0 Å². The average Bonchev–Trinajstić information content (AvgIpc) is 1.85. The second-order valence-corrected chi connectivity index (χ2v) is 1.98. The fourth-order valence-corrected chi connectivity index (χ4v) is 0.392. The lowest BCUT2D eigenvalue weighted by atomic mass is 10.4. The number of rotatable bonds is 3. The Kier molecular flexibility index (Phi) is 4.66. The molecule has 4 nitrogen and oxygen atoms in total. The van der Waals surface area contributed by atoms with Gasteiger partial charge in [-0.2, -0.15) is 0 Å². The van der Waals surface area contributed by atoms with Crippen LogP contribution in [0.4, 0.5) is 4.79 Å². The van der Waals surface area contributed by atoms with Crippen molar-refractivity contribution in [2.75, 3.05) is 13.2 Å². The molecule has 0 bridgehead atoms. The SMILES string of the molecule is CCNC(=O)OCC(C)O. The van der Waals surface area contributed by atoms with Crippen molar-refractivity contribution in [3.05, 3.63) is 0 Å².